The molecule has 0 bridgehead atoms. The first-order valence-electron chi connectivity index (χ1n) is 8.69. The predicted molar refractivity (Wildman–Crippen MR) is 107 cm³/mol. The van der Waals surface area contributed by atoms with Crippen LogP contribution in [0.1, 0.15) is 0 Å². The molecule has 0 spiro atoms. The molecule has 1 amide bonds. The Kier molecular flexibility index (Phi) is 9.17. The van der Waals surface area contributed by atoms with Crippen LogP contribution in [0.15, 0.2) is 49.1 Å². The number of ether oxygens (including phenoxy) is 1. The summed E-state index contributed by atoms with van der Waals surface area (Å²) < 4.78 is 17.9. The van der Waals surface area contributed by atoms with Crippen LogP contribution in [0.5, 0.6) is 0 Å². The second-order valence-corrected chi connectivity index (χ2v) is 6.13. The van der Waals surface area contributed by atoms with Gasteiger partial charge >= 0.3 is 6.09 Å². The van der Waals surface area contributed by atoms with E-state index in [1.165, 1.54) is 18.2 Å². The molecule has 0 unspecified atom stereocenters. The maximum atomic E-state index is 13.1. The van der Waals surface area contributed by atoms with Gasteiger partial charge in [-0.15, -0.1) is 0 Å². The molecule has 0 atom stereocenters. The van der Waals surface area contributed by atoms with Crippen molar-refractivity contribution in [3.05, 3.63) is 54.9 Å². The lowest BCUT2D eigenvalue weighted by atomic mass is 10.2. The van der Waals surface area contributed by atoms with Crippen LogP contribution >= 0.6 is 0 Å². The predicted octanol–water partition coefficient (Wildman–Crippen LogP) is -1.54. The van der Waals surface area contributed by atoms with Crippen molar-refractivity contribution in [2.45, 2.75) is 0 Å². The maximum absolute atomic E-state index is 13.1. The van der Waals surface area contributed by atoms with Crippen molar-refractivity contribution in [2.75, 3.05) is 53.6 Å². The van der Waals surface area contributed by atoms with Crippen molar-refractivity contribution >= 4 is 29.1 Å². The number of amides is 1. The van der Waals surface area contributed by atoms with Crippen LogP contribution in [0.4, 0.5) is 32.2 Å². The van der Waals surface area contributed by atoms with Gasteiger partial charge in [-0.3, -0.25) is 10.2 Å². The molecule has 1 aliphatic rings. The van der Waals surface area contributed by atoms with Gasteiger partial charge in [0.1, 0.15) is 18.1 Å². The highest BCUT2D eigenvalue weighted by Gasteiger charge is 2.23. The summed E-state index contributed by atoms with van der Waals surface area (Å²) in [4.78, 5) is 19.1. The van der Waals surface area contributed by atoms with E-state index >= 15 is 0 Å². The van der Waals surface area contributed by atoms with Crippen molar-refractivity contribution in [3.8, 4) is 0 Å². The number of benzene rings is 1. The molecule has 1 aromatic heterocycles. The minimum Gasteiger partial charge on any atom is -1.00 e. The van der Waals surface area contributed by atoms with Gasteiger partial charge in [0.05, 0.1) is 13.1 Å². The molecular weight excluding hydrogens is 401 g/mol. The van der Waals surface area contributed by atoms with E-state index in [0.717, 1.165) is 37.7 Å². The number of H-pyrrole nitrogens is 1. The van der Waals surface area contributed by atoms with Crippen molar-refractivity contribution in [1.82, 2.24) is 0 Å². The molecule has 158 valence electrons. The molecule has 2 aromatic rings. The van der Waals surface area contributed by atoms with Crippen LogP contribution in [0.25, 0.3) is 0 Å². The van der Waals surface area contributed by atoms with E-state index in [-0.39, 0.29) is 30.3 Å². The number of anilines is 4. The fraction of sp³-hybridized carbons (Fsp3) is 0.263. The Morgan fingerprint density at radius 1 is 1.17 bits per heavy atom. The topological polar surface area (TPSA) is 116 Å². The lowest BCUT2D eigenvalue weighted by Crippen LogP contribution is -3.00. The Bertz CT molecular complexity index is 814. The largest absolute Gasteiger partial charge is 1.00 e. The third kappa shape index (κ3) is 6.23. The van der Waals surface area contributed by atoms with E-state index in [2.05, 4.69) is 26.7 Å². The number of aromatic amines is 1. The van der Waals surface area contributed by atoms with Crippen molar-refractivity contribution in [2.24, 2.45) is 0 Å². The number of aromatic nitrogens is 1. The van der Waals surface area contributed by atoms with Crippen LogP contribution in [0, 0.1) is 5.82 Å². The molecule has 0 radical (unpaired) electrons. The molecule has 8 nitrogen and oxygen atoms in total. The zero-order valence-electron chi connectivity index (χ0n) is 15.8. The molecule has 29 heavy (non-hydrogen) atoms. The first-order valence-corrected chi connectivity index (χ1v) is 8.69. The third-order valence-corrected chi connectivity index (χ3v) is 4.34. The smallest absolute Gasteiger partial charge is 0.412 e. The van der Waals surface area contributed by atoms with Crippen LogP contribution in [0.2, 0.25) is 0 Å². The molecular formula is C19H25ClFN5O3. The molecule has 6 N–H and O–H groups in total. The normalized spacial score (nSPS) is 13.0. The molecule has 1 saturated heterocycles. The summed E-state index contributed by atoms with van der Waals surface area (Å²) in [5.41, 5.74) is 7.49. The Balaban J connectivity index is 0.00000210. The van der Waals surface area contributed by atoms with Gasteiger partial charge in [0.15, 0.2) is 0 Å². The first kappa shape index (κ1) is 24.0. The monoisotopic (exact) mass is 425 g/mol. The molecule has 10 heteroatoms. The van der Waals surface area contributed by atoms with Gasteiger partial charge in [-0.1, -0.05) is 12.7 Å². The Labute approximate surface area is 174 Å². The van der Waals surface area contributed by atoms with Gasteiger partial charge in [0, 0.05) is 24.8 Å². The van der Waals surface area contributed by atoms with E-state index < -0.39 is 6.09 Å². The van der Waals surface area contributed by atoms with E-state index in [1.807, 2.05) is 6.07 Å². The lowest BCUT2D eigenvalue weighted by Gasteiger charge is -2.34. The number of nitrogen functional groups attached to an aromatic ring is 1. The van der Waals surface area contributed by atoms with Gasteiger partial charge in [-0.25, -0.2) is 14.2 Å². The minimum atomic E-state index is -0.587. The number of rotatable bonds is 5. The fourth-order valence-corrected chi connectivity index (χ4v) is 2.93. The van der Waals surface area contributed by atoms with Crippen LogP contribution in [0.3, 0.4) is 0 Å². The van der Waals surface area contributed by atoms with Crippen LogP contribution in [-0.2, 0) is 4.74 Å². The van der Waals surface area contributed by atoms with Crippen LogP contribution in [-0.4, -0.2) is 44.4 Å². The summed E-state index contributed by atoms with van der Waals surface area (Å²) in [5.74, 6) is 0.991. The van der Waals surface area contributed by atoms with Gasteiger partial charge in [0.2, 0.25) is 11.6 Å². The van der Waals surface area contributed by atoms with Crippen molar-refractivity contribution < 1.29 is 36.8 Å². The number of nitrogens with zero attached hydrogens (tertiary/aromatic N) is 2. The number of nitrogens with two attached hydrogens (primary N) is 1. The van der Waals surface area contributed by atoms with Gasteiger partial charge in [-0.05, 0) is 30.3 Å². The van der Waals surface area contributed by atoms with Gasteiger partial charge in [0.25, 0.3) is 0 Å². The molecule has 3 rings (SSSR count). The summed E-state index contributed by atoms with van der Waals surface area (Å²) in [6, 6.07) is 10.1. The summed E-state index contributed by atoms with van der Waals surface area (Å²) >= 11 is 0. The second kappa shape index (κ2) is 11.1. The molecule has 0 aliphatic carbocycles. The molecule has 0 saturated carbocycles. The number of hydrogen-bond acceptors (Lipinski definition) is 5. The Morgan fingerprint density at radius 3 is 2.38 bits per heavy atom. The number of carbonyl (C=O) groups excluding carboxylic acids is 1. The molecule has 1 fully saturated rings. The fourth-order valence-electron chi connectivity index (χ4n) is 2.93. The van der Waals surface area contributed by atoms with Crippen molar-refractivity contribution in [1.29, 1.82) is 0 Å². The average Bonchev–Trinajstić information content (AvgIpc) is 2.69. The average molecular weight is 426 g/mol. The number of hydrogen-bond donors (Lipinski definition) is 2. The van der Waals surface area contributed by atoms with Gasteiger partial charge in [-0.2, -0.15) is 0 Å². The van der Waals surface area contributed by atoms with E-state index in [0.29, 0.717) is 11.5 Å². The minimum absolute atomic E-state index is 0. The van der Waals surface area contributed by atoms with E-state index in [4.69, 9.17) is 10.5 Å². The highest BCUT2D eigenvalue weighted by Crippen LogP contribution is 2.21. The quantitative estimate of drug-likeness (QED) is 0.563. The van der Waals surface area contributed by atoms with Crippen molar-refractivity contribution in [3.63, 3.8) is 0 Å². The summed E-state index contributed by atoms with van der Waals surface area (Å²) in [5, 5.41) is 2.59. The van der Waals surface area contributed by atoms with Gasteiger partial charge < -0.3 is 33.3 Å². The molecule has 2 heterocycles. The highest BCUT2D eigenvalue weighted by atomic mass is 35.5. The summed E-state index contributed by atoms with van der Waals surface area (Å²) in [6.07, 6.45) is 0.902. The number of nitrogens with one attached hydrogen (secondary N) is 2. The third-order valence-electron chi connectivity index (χ3n) is 4.34. The Morgan fingerprint density at radius 2 is 1.79 bits per heavy atom. The second-order valence-electron chi connectivity index (χ2n) is 6.13. The number of carbonyl (C=O) groups is 1. The standard InChI is InChI=1S/C19H22FN5O2.ClH.H2O/c1-2-13-27-19(26)22-16-7-8-17(23-18(16)21)25-11-9-24(10-12-25)15-5-3-14(20)4-6-15;;/h2-8H,1,9-13H2,(H2,21,23)(H,22,26);1H;1H2. The molecule has 1 aromatic carbocycles. The number of halogens is 2. The Hall–Kier alpha value is -3.04. The van der Waals surface area contributed by atoms with E-state index in [1.54, 1.807) is 18.2 Å². The zero-order chi connectivity index (χ0) is 19.2. The summed E-state index contributed by atoms with van der Waals surface area (Å²) in [7, 11) is 0. The number of piperazine rings is 1. The van der Waals surface area contributed by atoms with E-state index in [9.17, 15) is 9.18 Å². The highest BCUT2D eigenvalue weighted by molar-refractivity contribution is 5.87. The zero-order valence-corrected chi connectivity index (χ0v) is 16.6. The number of pyridine rings is 1. The first-order chi connectivity index (χ1) is 13.1. The summed E-state index contributed by atoms with van der Waals surface area (Å²) in [6.45, 7) is 6.83. The molecule has 1 aliphatic heterocycles. The lowest BCUT2D eigenvalue weighted by molar-refractivity contribution is -0.345. The SMILES string of the molecule is C=CCOC(=O)Nc1ccc(N2CCN(c3ccc(F)cc3)CC2)[nH+]c1N.O.[Cl-]. The maximum Gasteiger partial charge on any atom is 0.412 e. The van der Waals surface area contributed by atoms with Crippen LogP contribution < -0.4 is 38.2 Å².